The summed E-state index contributed by atoms with van der Waals surface area (Å²) in [7, 11) is 1.38. The second-order valence-electron chi connectivity index (χ2n) is 5.55. The van der Waals surface area contributed by atoms with Crippen LogP contribution in [0.3, 0.4) is 0 Å². The highest BCUT2D eigenvalue weighted by molar-refractivity contribution is 7.80. The number of anilines is 1. The Labute approximate surface area is 171 Å². The summed E-state index contributed by atoms with van der Waals surface area (Å²) < 4.78 is 10.6. The molecule has 2 aromatic rings. The van der Waals surface area contributed by atoms with Crippen LogP contribution in [0.5, 0.6) is 11.5 Å². The molecule has 0 saturated heterocycles. The average molecular weight is 424 g/mol. The number of methoxy groups -OCH3 is 1. The molecule has 0 spiro atoms. The summed E-state index contributed by atoms with van der Waals surface area (Å²) in [6.45, 7) is 0.366. The van der Waals surface area contributed by atoms with Gasteiger partial charge in [-0.2, -0.15) is 0 Å². The van der Waals surface area contributed by atoms with E-state index in [4.69, 9.17) is 33.3 Å². The third-order valence-electron chi connectivity index (χ3n) is 3.53. The van der Waals surface area contributed by atoms with Gasteiger partial charge in [0.15, 0.2) is 5.11 Å². The quantitative estimate of drug-likeness (QED) is 0.287. The second-order valence-corrected chi connectivity index (χ2v) is 6.39. The zero-order valence-electron chi connectivity index (χ0n) is 14.9. The van der Waals surface area contributed by atoms with Gasteiger partial charge in [0.25, 0.3) is 5.69 Å². The maximum atomic E-state index is 12.0. The molecular formula is C18H18ClN3O5S. The van der Waals surface area contributed by atoms with Crippen molar-refractivity contribution >= 4 is 46.2 Å². The van der Waals surface area contributed by atoms with Gasteiger partial charge < -0.3 is 20.1 Å². The van der Waals surface area contributed by atoms with Gasteiger partial charge in [-0.15, -0.1) is 0 Å². The standard InChI is InChI=1S/C18H18ClN3O5S/c1-26-16-11-13(22(24)25)6-9-15(16)20-18(28)21-17(23)3-2-10-27-14-7-4-12(19)5-8-14/h4-9,11H,2-3,10H2,1H3,(H2,20,21,23,28). The van der Waals surface area contributed by atoms with Crippen LogP contribution < -0.4 is 20.1 Å². The van der Waals surface area contributed by atoms with Gasteiger partial charge in [0.1, 0.15) is 11.5 Å². The van der Waals surface area contributed by atoms with E-state index < -0.39 is 4.92 Å². The number of halogens is 1. The molecule has 0 saturated carbocycles. The van der Waals surface area contributed by atoms with Crippen molar-refractivity contribution in [3.05, 3.63) is 57.6 Å². The van der Waals surface area contributed by atoms with E-state index in [1.807, 2.05) is 0 Å². The molecule has 0 unspecified atom stereocenters. The molecule has 148 valence electrons. The molecule has 0 aliphatic rings. The molecule has 2 N–H and O–H groups in total. The molecule has 0 fully saturated rings. The normalized spacial score (nSPS) is 10.1. The first-order valence-electron chi connectivity index (χ1n) is 8.20. The van der Waals surface area contributed by atoms with Crippen molar-refractivity contribution in [3.8, 4) is 11.5 Å². The number of nitro groups is 1. The van der Waals surface area contributed by atoms with Crippen LogP contribution in [-0.2, 0) is 4.79 Å². The summed E-state index contributed by atoms with van der Waals surface area (Å²) in [5.74, 6) is 0.632. The molecule has 0 atom stereocenters. The molecule has 0 bridgehead atoms. The number of non-ortho nitro benzene ring substituents is 1. The van der Waals surface area contributed by atoms with E-state index in [9.17, 15) is 14.9 Å². The second kappa shape index (κ2) is 10.4. The fraction of sp³-hybridized carbons (Fsp3) is 0.222. The molecule has 0 radical (unpaired) electrons. The summed E-state index contributed by atoms with van der Waals surface area (Å²) in [4.78, 5) is 22.2. The monoisotopic (exact) mass is 423 g/mol. The molecule has 8 nitrogen and oxygen atoms in total. The summed E-state index contributed by atoms with van der Waals surface area (Å²) in [6, 6.07) is 11.0. The molecule has 0 aliphatic heterocycles. The predicted octanol–water partition coefficient (Wildman–Crippen LogP) is 3.93. The first-order valence-corrected chi connectivity index (χ1v) is 8.99. The Morgan fingerprint density at radius 1 is 1.25 bits per heavy atom. The fourth-order valence-corrected chi connectivity index (χ4v) is 2.54. The zero-order valence-corrected chi connectivity index (χ0v) is 16.5. The number of hydrogen-bond donors (Lipinski definition) is 2. The molecule has 2 rings (SSSR count). The minimum absolute atomic E-state index is 0.0655. The Hall–Kier alpha value is -2.91. The number of nitro benzene ring substituents is 1. The van der Waals surface area contributed by atoms with Crippen molar-refractivity contribution in [2.24, 2.45) is 0 Å². The van der Waals surface area contributed by atoms with Gasteiger partial charge in [0, 0.05) is 17.5 Å². The smallest absolute Gasteiger partial charge is 0.273 e. The van der Waals surface area contributed by atoms with Crippen LogP contribution >= 0.6 is 23.8 Å². The molecule has 0 aliphatic carbocycles. The van der Waals surface area contributed by atoms with Gasteiger partial charge >= 0.3 is 0 Å². The number of hydrogen-bond acceptors (Lipinski definition) is 6. The lowest BCUT2D eigenvalue weighted by molar-refractivity contribution is -0.384. The van der Waals surface area contributed by atoms with Gasteiger partial charge in [-0.05, 0) is 49.0 Å². The SMILES string of the molecule is COc1cc([N+](=O)[O-])ccc1NC(=S)NC(=O)CCCOc1ccc(Cl)cc1. The van der Waals surface area contributed by atoms with Crippen LogP contribution in [0.2, 0.25) is 5.02 Å². The number of nitrogens with zero attached hydrogens (tertiary/aromatic N) is 1. The summed E-state index contributed by atoms with van der Waals surface area (Å²) in [5, 5.41) is 16.8. The van der Waals surface area contributed by atoms with Crippen molar-refractivity contribution in [2.75, 3.05) is 19.0 Å². The van der Waals surface area contributed by atoms with Gasteiger partial charge in [0.2, 0.25) is 5.91 Å². The number of benzene rings is 2. The number of nitrogens with one attached hydrogen (secondary N) is 2. The van der Waals surface area contributed by atoms with Crippen molar-refractivity contribution in [3.63, 3.8) is 0 Å². The summed E-state index contributed by atoms with van der Waals surface area (Å²) in [6.07, 6.45) is 0.713. The number of amides is 1. The third kappa shape index (κ3) is 6.67. The van der Waals surface area contributed by atoms with Crippen LogP contribution in [0.4, 0.5) is 11.4 Å². The van der Waals surface area contributed by atoms with E-state index in [-0.39, 0.29) is 28.9 Å². The fourth-order valence-electron chi connectivity index (χ4n) is 2.19. The Morgan fingerprint density at radius 3 is 2.61 bits per heavy atom. The minimum Gasteiger partial charge on any atom is -0.494 e. The molecule has 1 amide bonds. The molecule has 2 aromatic carbocycles. The largest absolute Gasteiger partial charge is 0.494 e. The number of carbonyl (C=O) groups is 1. The molecular weight excluding hydrogens is 406 g/mol. The summed E-state index contributed by atoms with van der Waals surface area (Å²) >= 11 is 10.9. The maximum Gasteiger partial charge on any atom is 0.273 e. The maximum absolute atomic E-state index is 12.0. The van der Waals surface area contributed by atoms with Crippen molar-refractivity contribution in [1.29, 1.82) is 0 Å². The first-order chi connectivity index (χ1) is 13.4. The van der Waals surface area contributed by atoms with E-state index in [1.165, 1.54) is 25.3 Å². The number of ether oxygens (including phenoxy) is 2. The third-order valence-corrected chi connectivity index (χ3v) is 3.98. The van der Waals surface area contributed by atoms with E-state index in [2.05, 4.69) is 10.6 Å². The number of carbonyl (C=O) groups excluding carboxylic acids is 1. The highest BCUT2D eigenvalue weighted by Gasteiger charge is 2.13. The Kier molecular flexibility index (Phi) is 7.97. The lowest BCUT2D eigenvalue weighted by atomic mass is 10.2. The van der Waals surface area contributed by atoms with Crippen molar-refractivity contribution < 1.29 is 19.2 Å². The van der Waals surface area contributed by atoms with Crippen molar-refractivity contribution in [2.45, 2.75) is 12.8 Å². The summed E-state index contributed by atoms with van der Waals surface area (Å²) in [5.41, 5.74) is 0.294. The highest BCUT2D eigenvalue weighted by atomic mass is 35.5. The first kappa shape index (κ1) is 21.4. The van der Waals surface area contributed by atoms with Crippen LogP contribution in [0.1, 0.15) is 12.8 Å². The highest BCUT2D eigenvalue weighted by Crippen LogP contribution is 2.28. The van der Waals surface area contributed by atoms with Crippen LogP contribution in [0, 0.1) is 10.1 Å². The van der Waals surface area contributed by atoms with Gasteiger partial charge in [-0.3, -0.25) is 14.9 Å². The van der Waals surface area contributed by atoms with Crippen molar-refractivity contribution in [1.82, 2.24) is 5.32 Å². The van der Waals surface area contributed by atoms with E-state index in [1.54, 1.807) is 24.3 Å². The Balaban J connectivity index is 1.77. The lowest BCUT2D eigenvalue weighted by Gasteiger charge is -2.12. The number of thiocarbonyl (C=S) groups is 1. The van der Waals surface area contributed by atoms with E-state index >= 15 is 0 Å². The topological polar surface area (TPSA) is 103 Å². The molecule has 0 heterocycles. The van der Waals surface area contributed by atoms with Gasteiger partial charge in [0.05, 0.1) is 30.4 Å². The van der Waals surface area contributed by atoms with Gasteiger partial charge in [-0.1, -0.05) is 11.6 Å². The zero-order chi connectivity index (χ0) is 20.5. The predicted molar refractivity (Wildman–Crippen MR) is 110 cm³/mol. The Morgan fingerprint density at radius 2 is 1.96 bits per heavy atom. The lowest BCUT2D eigenvalue weighted by Crippen LogP contribution is -2.34. The Bertz CT molecular complexity index is 861. The van der Waals surface area contributed by atoms with E-state index in [0.29, 0.717) is 29.5 Å². The van der Waals surface area contributed by atoms with Crippen LogP contribution in [-0.4, -0.2) is 29.7 Å². The molecule has 0 aromatic heterocycles. The van der Waals surface area contributed by atoms with E-state index in [0.717, 1.165) is 0 Å². The van der Waals surface area contributed by atoms with Crippen LogP contribution in [0.25, 0.3) is 0 Å². The van der Waals surface area contributed by atoms with Gasteiger partial charge in [-0.25, -0.2) is 0 Å². The number of rotatable bonds is 8. The molecule has 10 heteroatoms. The van der Waals surface area contributed by atoms with Crippen LogP contribution in [0.15, 0.2) is 42.5 Å². The molecule has 28 heavy (non-hydrogen) atoms. The minimum atomic E-state index is -0.529. The average Bonchev–Trinajstić information content (AvgIpc) is 2.66.